The van der Waals surface area contributed by atoms with E-state index in [2.05, 4.69) is 10.1 Å². The van der Waals surface area contributed by atoms with E-state index in [0.29, 0.717) is 19.5 Å². The molecule has 1 unspecified atom stereocenters. The van der Waals surface area contributed by atoms with Crippen LogP contribution in [0, 0.1) is 5.92 Å². The monoisotopic (exact) mass is 272 g/mol. The number of hydrogen-bond donors (Lipinski definition) is 1. The summed E-state index contributed by atoms with van der Waals surface area (Å²) in [5, 5.41) is 13.5. The van der Waals surface area contributed by atoms with E-state index in [4.69, 9.17) is 0 Å². The van der Waals surface area contributed by atoms with Gasteiger partial charge in [-0.15, -0.1) is 0 Å². The number of carboxylic acid groups (broad SMARTS) is 1. The lowest BCUT2D eigenvalue weighted by Gasteiger charge is -2.32. The Morgan fingerprint density at radius 1 is 1.50 bits per heavy atom. The smallest absolute Gasteiger partial charge is 0.308 e. The number of anilines is 1. The van der Waals surface area contributed by atoms with Crippen molar-refractivity contribution in [3.8, 4) is 0 Å². The van der Waals surface area contributed by atoms with E-state index >= 15 is 0 Å². The predicted octanol–water partition coefficient (Wildman–Crippen LogP) is 1.08. The standard InChI is InChI=1S/C14H16N4O2/c1-17-12-6-10(14(19)20)8-18(13(12)7-16-17)9-11-4-2-3-5-15-11/h2-5,7,10H,6,8-9H2,1H3,(H,19,20). The van der Waals surface area contributed by atoms with Gasteiger partial charge >= 0.3 is 5.97 Å². The van der Waals surface area contributed by atoms with Gasteiger partial charge in [-0.3, -0.25) is 14.5 Å². The first-order valence-electron chi connectivity index (χ1n) is 6.53. The zero-order valence-corrected chi connectivity index (χ0v) is 11.2. The number of rotatable bonds is 3. The summed E-state index contributed by atoms with van der Waals surface area (Å²) in [5.74, 6) is -1.16. The van der Waals surface area contributed by atoms with E-state index in [1.807, 2.05) is 30.1 Å². The Hall–Kier alpha value is -2.37. The maximum absolute atomic E-state index is 11.3. The van der Waals surface area contributed by atoms with Crippen LogP contribution in [0.1, 0.15) is 11.4 Å². The Bertz CT molecular complexity index is 623. The summed E-state index contributed by atoms with van der Waals surface area (Å²) in [5.41, 5.74) is 2.91. The molecule has 2 aromatic heterocycles. The molecule has 6 heteroatoms. The molecule has 2 aromatic rings. The molecule has 0 radical (unpaired) electrons. The van der Waals surface area contributed by atoms with Crippen molar-refractivity contribution in [1.29, 1.82) is 0 Å². The molecule has 0 amide bonds. The minimum atomic E-state index is -0.761. The predicted molar refractivity (Wildman–Crippen MR) is 73.3 cm³/mol. The molecule has 0 saturated carbocycles. The van der Waals surface area contributed by atoms with Gasteiger partial charge in [0, 0.05) is 26.2 Å². The summed E-state index contributed by atoms with van der Waals surface area (Å²) in [6.07, 6.45) is 4.08. The summed E-state index contributed by atoms with van der Waals surface area (Å²) < 4.78 is 1.76. The van der Waals surface area contributed by atoms with Crippen LogP contribution in [0.3, 0.4) is 0 Å². The first-order chi connectivity index (χ1) is 9.65. The number of hydrogen-bond acceptors (Lipinski definition) is 4. The van der Waals surface area contributed by atoms with Crippen LogP contribution in [0.5, 0.6) is 0 Å². The Morgan fingerprint density at radius 3 is 3.05 bits per heavy atom. The number of pyridine rings is 1. The Balaban J connectivity index is 1.91. The van der Waals surface area contributed by atoms with Crippen LogP contribution in [0.4, 0.5) is 5.69 Å². The van der Waals surface area contributed by atoms with Crippen molar-refractivity contribution in [2.75, 3.05) is 11.4 Å². The highest BCUT2D eigenvalue weighted by Gasteiger charge is 2.31. The van der Waals surface area contributed by atoms with Gasteiger partial charge in [0.2, 0.25) is 0 Å². The molecule has 3 heterocycles. The van der Waals surface area contributed by atoms with Gasteiger partial charge in [0.05, 0.1) is 35.7 Å². The molecular weight excluding hydrogens is 256 g/mol. The van der Waals surface area contributed by atoms with E-state index in [1.54, 1.807) is 17.1 Å². The van der Waals surface area contributed by atoms with Gasteiger partial charge in [0.25, 0.3) is 0 Å². The van der Waals surface area contributed by atoms with E-state index < -0.39 is 11.9 Å². The van der Waals surface area contributed by atoms with Crippen LogP contribution >= 0.6 is 0 Å². The normalized spacial score (nSPS) is 17.9. The lowest BCUT2D eigenvalue weighted by Crippen LogP contribution is -2.38. The third kappa shape index (κ3) is 2.24. The molecule has 0 spiro atoms. The Labute approximate surface area is 116 Å². The molecule has 0 aliphatic carbocycles. The van der Waals surface area contributed by atoms with Gasteiger partial charge in [-0.1, -0.05) is 6.07 Å². The topological polar surface area (TPSA) is 71.2 Å². The molecule has 0 saturated heterocycles. The van der Waals surface area contributed by atoms with Crippen LogP contribution in [0.2, 0.25) is 0 Å². The Morgan fingerprint density at radius 2 is 2.35 bits per heavy atom. The minimum Gasteiger partial charge on any atom is -0.481 e. The fraction of sp³-hybridized carbons (Fsp3) is 0.357. The molecule has 1 N–H and O–H groups in total. The highest BCUT2D eigenvalue weighted by molar-refractivity contribution is 5.73. The number of aliphatic carboxylic acids is 1. The van der Waals surface area contributed by atoms with Crippen molar-refractivity contribution in [1.82, 2.24) is 14.8 Å². The lowest BCUT2D eigenvalue weighted by molar-refractivity contribution is -0.141. The van der Waals surface area contributed by atoms with Crippen LogP contribution in [0.25, 0.3) is 0 Å². The number of nitrogens with zero attached hydrogens (tertiary/aromatic N) is 4. The van der Waals surface area contributed by atoms with Crippen molar-refractivity contribution in [2.45, 2.75) is 13.0 Å². The van der Waals surface area contributed by atoms with Gasteiger partial charge in [0.1, 0.15) is 0 Å². The molecule has 0 fully saturated rings. The van der Waals surface area contributed by atoms with Crippen molar-refractivity contribution in [2.24, 2.45) is 13.0 Å². The molecule has 3 rings (SSSR count). The second kappa shape index (κ2) is 4.96. The van der Waals surface area contributed by atoms with Crippen LogP contribution in [-0.4, -0.2) is 32.4 Å². The SMILES string of the molecule is Cn1ncc2c1CC(C(=O)O)CN2Cc1ccccn1. The van der Waals surface area contributed by atoms with E-state index in [1.165, 1.54) is 0 Å². The van der Waals surface area contributed by atoms with E-state index in [0.717, 1.165) is 17.1 Å². The highest BCUT2D eigenvalue weighted by Crippen LogP contribution is 2.30. The second-order valence-electron chi connectivity index (χ2n) is 5.04. The van der Waals surface area contributed by atoms with Crippen molar-refractivity contribution in [3.63, 3.8) is 0 Å². The maximum atomic E-state index is 11.3. The summed E-state index contributed by atoms with van der Waals surface area (Å²) >= 11 is 0. The van der Waals surface area contributed by atoms with Crippen molar-refractivity contribution >= 4 is 11.7 Å². The average Bonchev–Trinajstić information content (AvgIpc) is 2.82. The third-order valence-corrected chi connectivity index (χ3v) is 3.69. The van der Waals surface area contributed by atoms with Gasteiger partial charge < -0.3 is 10.0 Å². The molecule has 1 atom stereocenters. The van der Waals surface area contributed by atoms with Crippen molar-refractivity contribution in [3.05, 3.63) is 42.0 Å². The molecular formula is C14H16N4O2. The third-order valence-electron chi connectivity index (χ3n) is 3.69. The summed E-state index contributed by atoms with van der Waals surface area (Å²) in [7, 11) is 1.85. The molecule has 1 aliphatic heterocycles. The molecule has 0 aromatic carbocycles. The number of fused-ring (bicyclic) bond motifs is 1. The Kier molecular flexibility index (Phi) is 3.14. The molecule has 0 bridgehead atoms. The largest absolute Gasteiger partial charge is 0.481 e. The first-order valence-corrected chi connectivity index (χ1v) is 6.53. The number of carboxylic acids is 1. The fourth-order valence-electron chi connectivity index (χ4n) is 2.62. The molecule has 6 nitrogen and oxygen atoms in total. The quantitative estimate of drug-likeness (QED) is 0.905. The zero-order valence-electron chi connectivity index (χ0n) is 11.2. The van der Waals surface area contributed by atoms with E-state index in [9.17, 15) is 9.90 Å². The lowest BCUT2D eigenvalue weighted by atomic mass is 9.97. The second-order valence-corrected chi connectivity index (χ2v) is 5.04. The first kappa shape index (κ1) is 12.7. The molecule has 104 valence electrons. The highest BCUT2D eigenvalue weighted by atomic mass is 16.4. The maximum Gasteiger partial charge on any atom is 0.308 e. The summed E-state index contributed by atoms with van der Waals surface area (Å²) in [6, 6.07) is 5.75. The van der Waals surface area contributed by atoms with Gasteiger partial charge in [0.15, 0.2) is 0 Å². The zero-order chi connectivity index (χ0) is 14.1. The summed E-state index contributed by atoms with van der Waals surface area (Å²) in [4.78, 5) is 17.7. The summed E-state index contributed by atoms with van der Waals surface area (Å²) in [6.45, 7) is 1.09. The van der Waals surface area contributed by atoms with Crippen LogP contribution < -0.4 is 4.90 Å². The van der Waals surface area contributed by atoms with Crippen LogP contribution in [-0.2, 0) is 24.8 Å². The molecule has 1 aliphatic rings. The van der Waals surface area contributed by atoms with Gasteiger partial charge in [-0.05, 0) is 12.1 Å². The van der Waals surface area contributed by atoms with Crippen LogP contribution in [0.15, 0.2) is 30.6 Å². The van der Waals surface area contributed by atoms with E-state index in [-0.39, 0.29) is 0 Å². The number of carbonyl (C=O) groups is 1. The average molecular weight is 272 g/mol. The fourth-order valence-corrected chi connectivity index (χ4v) is 2.62. The molecule has 20 heavy (non-hydrogen) atoms. The van der Waals surface area contributed by atoms with Crippen molar-refractivity contribution < 1.29 is 9.90 Å². The number of aromatic nitrogens is 3. The minimum absolute atomic E-state index is 0.401. The number of aryl methyl sites for hydroxylation is 1. The van der Waals surface area contributed by atoms with Gasteiger partial charge in [-0.25, -0.2) is 0 Å². The van der Waals surface area contributed by atoms with Gasteiger partial charge in [-0.2, -0.15) is 5.10 Å².